The number of allylic oxidation sites excluding steroid dienone is 6. The third-order valence-corrected chi connectivity index (χ3v) is 4.81. The second-order valence-corrected chi connectivity index (χ2v) is 8.37. The van der Waals surface area contributed by atoms with Crippen LogP contribution in [0.2, 0.25) is 0 Å². The number of hydrogen-bond donors (Lipinski definition) is 0. The molecular formula is C26H46O3. The van der Waals surface area contributed by atoms with E-state index in [9.17, 15) is 4.79 Å². The smallest absolute Gasteiger partial charge is 0.434 e. The van der Waals surface area contributed by atoms with Gasteiger partial charge in [-0.05, 0) is 50.4 Å². The van der Waals surface area contributed by atoms with E-state index in [0.29, 0.717) is 18.4 Å². The van der Waals surface area contributed by atoms with Gasteiger partial charge in [0.15, 0.2) is 0 Å². The summed E-state index contributed by atoms with van der Waals surface area (Å²) < 4.78 is 10.6. The summed E-state index contributed by atoms with van der Waals surface area (Å²) in [6.07, 6.45) is 24.3. The first-order valence-corrected chi connectivity index (χ1v) is 11.8. The summed E-state index contributed by atoms with van der Waals surface area (Å²) in [6.45, 7) is 10.9. The molecule has 0 fully saturated rings. The molecule has 0 aromatic carbocycles. The predicted octanol–water partition coefficient (Wildman–Crippen LogP) is 8.41. The molecule has 0 aliphatic rings. The lowest BCUT2D eigenvalue weighted by Crippen LogP contribution is -2.29. The van der Waals surface area contributed by atoms with Crippen LogP contribution in [0.1, 0.15) is 98.8 Å². The van der Waals surface area contributed by atoms with Crippen LogP contribution in [-0.4, -0.2) is 18.9 Å². The van der Waals surface area contributed by atoms with Crippen LogP contribution in [0.15, 0.2) is 36.5 Å². The topological polar surface area (TPSA) is 35.5 Å². The lowest BCUT2D eigenvalue weighted by Gasteiger charge is -2.24. The standard InChI is InChI=1S/C26H46O3/c1-6-7-8-9-10-11-12-13-14-15-16-17-18-19-20-21-22-28-26(27)29-25(23(2)3)24(4)5/h7-8,10-11,13-14,23-25H,6,9,12,15-22H2,1-5H3/b8-7-,11-10-,14-13-. The molecule has 0 aliphatic heterocycles. The molecule has 0 heterocycles. The highest BCUT2D eigenvalue weighted by molar-refractivity contribution is 5.60. The first kappa shape index (κ1) is 27.5. The zero-order valence-corrected chi connectivity index (χ0v) is 19.7. The minimum Gasteiger partial charge on any atom is -0.434 e. The lowest BCUT2D eigenvalue weighted by atomic mass is 9.96. The lowest BCUT2D eigenvalue weighted by molar-refractivity contribution is -0.0110. The van der Waals surface area contributed by atoms with E-state index in [1.54, 1.807) is 0 Å². The van der Waals surface area contributed by atoms with Gasteiger partial charge in [0.25, 0.3) is 0 Å². The first-order chi connectivity index (χ1) is 14.0. The molecule has 0 saturated carbocycles. The van der Waals surface area contributed by atoms with E-state index in [1.165, 1.54) is 32.1 Å². The Morgan fingerprint density at radius 1 is 0.724 bits per heavy atom. The van der Waals surface area contributed by atoms with Crippen molar-refractivity contribution in [3.05, 3.63) is 36.5 Å². The summed E-state index contributed by atoms with van der Waals surface area (Å²) in [4.78, 5) is 11.8. The molecule has 0 amide bonds. The van der Waals surface area contributed by atoms with Gasteiger partial charge in [-0.1, -0.05) is 96.8 Å². The van der Waals surface area contributed by atoms with Gasteiger partial charge in [-0.2, -0.15) is 0 Å². The van der Waals surface area contributed by atoms with Crippen molar-refractivity contribution in [1.82, 2.24) is 0 Å². The van der Waals surface area contributed by atoms with Gasteiger partial charge in [0.1, 0.15) is 6.10 Å². The van der Waals surface area contributed by atoms with Crippen molar-refractivity contribution in [2.45, 2.75) is 105 Å². The molecule has 0 bridgehead atoms. The molecule has 0 unspecified atom stereocenters. The fraction of sp³-hybridized carbons (Fsp3) is 0.731. The van der Waals surface area contributed by atoms with E-state index in [1.807, 2.05) is 0 Å². The van der Waals surface area contributed by atoms with Crippen LogP contribution in [0.25, 0.3) is 0 Å². The fourth-order valence-corrected chi connectivity index (χ4v) is 3.24. The normalized spacial score (nSPS) is 12.4. The Hall–Kier alpha value is -1.51. The quantitative estimate of drug-likeness (QED) is 0.138. The number of rotatable bonds is 17. The molecule has 0 aromatic heterocycles. The van der Waals surface area contributed by atoms with Gasteiger partial charge in [0, 0.05) is 0 Å². The summed E-state index contributed by atoms with van der Waals surface area (Å²) in [7, 11) is 0. The molecular weight excluding hydrogens is 360 g/mol. The summed E-state index contributed by atoms with van der Waals surface area (Å²) in [5.41, 5.74) is 0. The minimum atomic E-state index is -0.517. The molecule has 3 nitrogen and oxygen atoms in total. The van der Waals surface area contributed by atoms with Gasteiger partial charge in [-0.3, -0.25) is 0 Å². The van der Waals surface area contributed by atoms with Crippen LogP contribution < -0.4 is 0 Å². The Bertz CT molecular complexity index is 453. The van der Waals surface area contributed by atoms with Crippen LogP contribution >= 0.6 is 0 Å². The van der Waals surface area contributed by atoms with Crippen molar-refractivity contribution in [3.63, 3.8) is 0 Å². The van der Waals surface area contributed by atoms with Crippen LogP contribution in [0.5, 0.6) is 0 Å². The van der Waals surface area contributed by atoms with E-state index in [2.05, 4.69) is 71.1 Å². The Balaban J connectivity index is 3.48. The number of ether oxygens (including phenoxy) is 2. The third-order valence-electron chi connectivity index (χ3n) is 4.81. The molecule has 0 saturated heterocycles. The van der Waals surface area contributed by atoms with Crippen LogP contribution in [-0.2, 0) is 9.47 Å². The summed E-state index contributed by atoms with van der Waals surface area (Å²) in [6, 6.07) is 0. The highest BCUT2D eigenvalue weighted by Gasteiger charge is 2.22. The largest absolute Gasteiger partial charge is 0.508 e. The van der Waals surface area contributed by atoms with Gasteiger partial charge in [-0.25, -0.2) is 4.79 Å². The van der Waals surface area contributed by atoms with Gasteiger partial charge in [-0.15, -0.1) is 0 Å². The Labute approximate surface area is 180 Å². The molecule has 168 valence electrons. The molecule has 0 aromatic rings. The molecule has 0 N–H and O–H groups in total. The zero-order chi connectivity index (χ0) is 21.7. The molecule has 0 spiro atoms. The van der Waals surface area contributed by atoms with E-state index in [-0.39, 0.29) is 6.10 Å². The minimum absolute atomic E-state index is 0.0736. The number of carbonyl (C=O) groups is 1. The molecule has 0 rings (SSSR count). The van der Waals surface area contributed by atoms with Gasteiger partial charge in [0.2, 0.25) is 0 Å². The summed E-state index contributed by atoms with van der Waals surface area (Å²) in [5, 5.41) is 0. The highest BCUT2D eigenvalue weighted by atomic mass is 16.7. The number of hydrogen-bond acceptors (Lipinski definition) is 3. The molecule has 0 aliphatic carbocycles. The third kappa shape index (κ3) is 18.3. The van der Waals surface area contributed by atoms with Gasteiger partial charge in [0.05, 0.1) is 6.61 Å². The second kappa shape index (κ2) is 19.8. The van der Waals surface area contributed by atoms with Crippen molar-refractivity contribution in [2.75, 3.05) is 6.61 Å². The average Bonchev–Trinajstić information content (AvgIpc) is 2.68. The molecule has 3 heteroatoms. The van der Waals surface area contributed by atoms with E-state index in [4.69, 9.17) is 9.47 Å². The Kier molecular flexibility index (Phi) is 18.8. The van der Waals surface area contributed by atoms with Crippen LogP contribution in [0.4, 0.5) is 4.79 Å². The van der Waals surface area contributed by atoms with Crippen molar-refractivity contribution in [2.24, 2.45) is 11.8 Å². The molecule has 29 heavy (non-hydrogen) atoms. The van der Waals surface area contributed by atoms with Gasteiger partial charge >= 0.3 is 6.16 Å². The average molecular weight is 407 g/mol. The summed E-state index contributed by atoms with van der Waals surface area (Å²) in [5.74, 6) is 0.615. The maximum absolute atomic E-state index is 11.8. The second-order valence-electron chi connectivity index (χ2n) is 8.37. The highest BCUT2D eigenvalue weighted by Crippen LogP contribution is 2.17. The maximum atomic E-state index is 11.8. The Morgan fingerprint density at radius 2 is 1.24 bits per heavy atom. The SMILES string of the molecule is CC/C=C\C/C=C\C/C=C\CCCCCCCCOC(=O)OC(C(C)C)C(C)C. The van der Waals surface area contributed by atoms with Crippen molar-refractivity contribution < 1.29 is 14.3 Å². The van der Waals surface area contributed by atoms with E-state index >= 15 is 0 Å². The zero-order valence-electron chi connectivity index (χ0n) is 19.7. The van der Waals surface area contributed by atoms with Crippen molar-refractivity contribution >= 4 is 6.16 Å². The number of unbranched alkanes of at least 4 members (excludes halogenated alkanes) is 6. The molecule has 0 radical (unpaired) electrons. The fourth-order valence-electron chi connectivity index (χ4n) is 3.24. The predicted molar refractivity (Wildman–Crippen MR) is 125 cm³/mol. The van der Waals surface area contributed by atoms with E-state index < -0.39 is 6.16 Å². The number of carbonyl (C=O) groups excluding carboxylic acids is 1. The van der Waals surface area contributed by atoms with E-state index in [0.717, 1.165) is 32.1 Å². The monoisotopic (exact) mass is 406 g/mol. The Morgan fingerprint density at radius 3 is 1.83 bits per heavy atom. The van der Waals surface area contributed by atoms with Gasteiger partial charge < -0.3 is 9.47 Å². The van der Waals surface area contributed by atoms with Crippen molar-refractivity contribution in [3.8, 4) is 0 Å². The van der Waals surface area contributed by atoms with Crippen LogP contribution in [0.3, 0.4) is 0 Å². The first-order valence-electron chi connectivity index (χ1n) is 11.8. The summed E-state index contributed by atoms with van der Waals surface area (Å²) >= 11 is 0. The maximum Gasteiger partial charge on any atom is 0.508 e. The van der Waals surface area contributed by atoms with Crippen molar-refractivity contribution in [1.29, 1.82) is 0 Å². The molecule has 0 atom stereocenters. The van der Waals surface area contributed by atoms with Crippen LogP contribution in [0, 0.1) is 11.8 Å².